The number of halogens is 2. The van der Waals surface area contributed by atoms with E-state index in [4.69, 9.17) is 4.74 Å². The number of ether oxygens (including phenoxy) is 1. The zero-order valence-corrected chi connectivity index (χ0v) is 13.2. The molecular formula is C17H17BrFNO. The number of rotatable bonds is 6. The summed E-state index contributed by atoms with van der Waals surface area (Å²) in [5, 5.41) is 3.49. The Labute approximate surface area is 132 Å². The second kappa shape index (κ2) is 6.58. The van der Waals surface area contributed by atoms with E-state index in [1.165, 1.54) is 30.5 Å². The van der Waals surface area contributed by atoms with Crippen LogP contribution in [0.15, 0.2) is 46.9 Å². The number of nitrogens with one attached hydrogen (secondary N) is 1. The second-order valence-electron chi connectivity index (χ2n) is 5.34. The zero-order chi connectivity index (χ0) is 14.7. The molecule has 21 heavy (non-hydrogen) atoms. The van der Waals surface area contributed by atoms with Gasteiger partial charge in [0.25, 0.3) is 0 Å². The summed E-state index contributed by atoms with van der Waals surface area (Å²) in [7, 11) is 0. The van der Waals surface area contributed by atoms with Crippen LogP contribution in [0.2, 0.25) is 0 Å². The summed E-state index contributed by atoms with van der Waals surface area (Å²) in [5.41, 5.74) is 2.19. The van der Waals surface area contributed by atoms with E-state index in [0.29, 0.717) is 12.6 Å². The molecule has 0 aliphatic heterocycles. The van der Waals surface area contributed by atoms with E-state index >= 15 is 0 Å². The molecule has 0 heterocycles. The largest absolute Gasteiger partial charge is 0.488 e. The van der Waals surface area contributed by atoms with Gasteiger partial charge in [-0.2, -0.15) is 0 Å². The molecule has 0 unspecified atom stereocenters. The molecule has 1 N–H and O–H groups in total. The van der Waals surface area contributed by atoms with Gasteiger partial charge in [0.2, 0.25) is 0 Å². The predicted molar refractivity (Wildman–Crippen MR) is 84.7 cm³/mol. The molecule has 4 heteroatoms. The highest BCUT2D eigenvalue weighted by molar-refractivity contribution is 9.10. The van der Waals surface area contributed by atoms with Crippen molar-refractivity contribution >= 4 is 15.9 Å². The summed E-state index contributed by atoms with van der Waals surface area (Å²) < 4.78 is 19.5. The Morgan fingerprint density at radius 1 is 1.10 bits per heavy atom. The molecule has 2 aromatic carbocycles. The Morgan fingerprint density at radius 3 is 2.48 bits per heavy atom. The molecule has 1 saturated carbocycles. The molecule has 2 nitrogen and oxygen atoms in total. The van der Waals surface area contributed by atoms with Crippen LogP contribution in [-0.2, 0) is 13.2 Å². The molecule has 0 spiro atoms. The molecular weight excluding hydrogens is 333 g/mol. The summed E-state index contributed by atoms with van der Waals surface area (Å²) in [6.45, 7) is 1.32. The highest BCUT2D eigenvalue weighted by Crippen LogP contribution is 2.27. The van der Waals surface area contributed by atoms with Gasteiger partial charge in [0.05, 0.1) is 4.47 Å². The van der Waals surface area contributed by atoms with Crippen molar-refractivity contribution in [3.05, 3.63) is 63.9 Å². The van der Waals surface area contributed by atoms with Crippen LogP contribution in [0.1, 0.15) is 24.0 Å². The van der Waals surface area contributed by atoms with Crippen LogP contribution in [0.4, 0.5) is 4.39 Å². The molecule has 1 fully saturated rings. The Balaban J connectivity index is 1.58. The van der Waals surface area contributed by atoms with Crippen molar-refractivity contribution in [1.29, 1.82) is 0 Å². The second-order valence-corrected chi connectivity index (χ2v) is 6.19. The average molecular weight is 350 g/mol. The van der Waals surface area contributed by atoms with Gasteiger partial charge in [-0.15, -0.1) is 0 Å². The van der Waals surface area contributed by atoms with Crippen molar-refractivity contribution in [3.63, 3.8) is 0 Å². The summed E-state index contributed by atoms with van der Waals surface area (Å²) >= 11 is 3.54. The van der Waals surface area contributed by atoms with Gasteiger partial charge in [-0.1, -0.05) is 18.2 Å². The molecule has 3 rings (SSSR count). The van der Waals surface area contributed by atoms with Gasteiger partial charge in [-0.3, -0.25) is 0 Å². The number of hydrogen-bond donors (Lipinski definition) is 1. The maximum absolute atomic E-state index is 12.8. The van der Waals surface area contributed by atoms with E-state index in [1.54, 1.807) is 12.1 Å². The van der Waals surface area contributed by atoms with Crippen LogP contribution in [0.5, 0.6) is 5.75 Å². The van der Waals surface area contributed by atoms with E-state index in [2.05, 4.69) is 33.4 Å². The maximum Gasteiger partial charge on any atom is 0.134 e. The van der Waals surface area contributed by atoms with Gasteiger partial charge in [-0.25, -0.2) is 4.39 Å². The number of hydrogen-bond acceptors (Lipinski definition) is 2. The highest BCUT2D eigenvalue weighted by Gasteiger charge is 2.19. The molecule has 1 aliphatic rings. The van der Waals surface area contributed by atoms with Crippen molar-refractivity contribution in [1.82, 2.24) is 5.32 Å². The van der Waals surface area contributed by atoms with E-state index in [9.17, 15) is 4.39 Å². The van der Waals surface area contributed by atoms with Crippen LogP contribution in [0.3, 0.4) is 0 Å². The Hall–Kier alpha value is -1.39. The first kappa shape index (κ1) is 14.5. The molecule has 0 bridgehead atoms. The third-order valence-corrected chi connectivity index (χ3v) is 4.10. The molecule has 0 atom stereocenters. The molecule has 2 aromatic rings. The molecule has 1 aliphatic carbocycles. The normalized spacial score (nSPS) is 14.2. The monoisotopic (exact) mass is 349 g/mol. The van der Waals surface area contributed by atoms with Crippen LogP contribution in [0.25, 0.3) is 0 Å². The highest BCUT2D eigenvalue weighted by atomic mass is 79.9. The standard InChI is InChI=1S/C17H17BrFNO/c18-16-9-13(10-20-15-6-7-15)3-8-17(16)21-11-12-1-4-14(19)5-2-12/h1-5,8-9,15,20H,6-7,10-11H2. The van der Waals surface area contributed by atoms with Crippen LogP contribution < -0.4 is 10.1 Å². The summed E-state index contributed by atoms with van der Waals surface area (Å²) in [6.07, 6.45) is 2.58. The fraction of sp³-hybridized carbons (Fsp3) is 0.294. The first-order valence-electron chi connectivity index (χ1n) is 7.10. The van der Waals surface area contributed by atoms with Crippen molar-refractivity contribution < 1.29 is 9.13 Å². The van der Waals surface area contributed by atoms with Gasteiger partial charge >= 0.3 is 0 Å². The minimum atomic E-state index is -0.229. The molecule has 0 amide bonds. The van der Waals surface area contributed by atoms with Crippen LogP contribution in [-0.4, -0.2) is 6.04 Å². The van der Waals surface area contributed by atoms with Gasteiger partial charge < -0.3 is 10.1 Å². The van der Waals surface area contributed by atoms with Gasteiger partial charge in [0.1, 0.15) is 18.2 Å². The predicted octanol–water partition coefficient (Wildman–Crippen LogP) is 4.42. The Bertz CT molecular complexity index is 611. The third kappa shape index (κ3) is 4.29. The van der Waals surface area contributed by atoms with Crippen molar-refractivity contribution in [2.24, 2.45) is 0 Å². The van der Waals surface area contributed by atoms with Crippen LogP contribution in [0, 0.1) is 5.82 Å². The first-order valence-corrected chi connectivity index (χ1v) is 7.89. The van der Waals surface area contributed by atoms with E-state index in [0.717, 1.165) is 22.3 Å². The maximum atomic E-state index is 12.8. The fourth-order valence-corrected chi connectivity index (χ4v) is 2.60. The van der Waals surface area contributed by atoms with Gasteiger partial charge in [0.15, 0.2) is 0 Å². The fourth-order valence-electron chi connectivity index (χ4n) is 2.06. The number of benzene rings is 2. The van der Waals surface area contributed by atoms with Crippen molar-refractivity contribution in [2.75, 3.05) is 0 Å². The Morgan fingerprint density at radius 2 is 1.81 bits per heavy atom. The molecule has 0 aromatic heterocycles. The molecule has 110 valence electrons. The topological polar surface area (TPSA) is 21.3 Å². The van der Waals surface area contributed by atoms with E-state index in [1.807, 2.05) is 6.07 Å². The van der Waals surface area contributed by atoms with Crippen LogP contribution >= 0.6 is 15.9 Å². The van der Waals surface area contributed by atoms with Gasteiger partial charge in [-0.05, 0) is 64.2 Å². The lowest BCUT2D eigenvalue weighted by molar-refractivity contribution is 0.304. The van der Waals surface area contributed by atoms with Crippen molar-refractivity contribution in [2.45, 2.75) is 32.0 Å². The third-order valence-electron chi connectivity index (χ3n) is 3.48. The quantitative estimate of drug-likeness (QED) is 0.833. The molecule has 0 saturated heterocycles. The lowest BCUT2D eigenvalue weighted by Gasteiger charge is -2.10. The van der Waals surface area contributed by atoms with Gasteiger partial charge in [0, 0.05) is 12.6 Å². The lowest BCUT2D eigenvalue weighted by Crippen LogP contribution is -2.15. The summed E-state index contributed by atoms with van der Waals surface area (Å²) in [5.74, 6) is 0.571. The minimum Gasteiger partial charge on any atom is -0.488 e. The van der Waals surface area contributed by atoms with Crippen molar-refractivity contribution in [3.8, 4) is 5.75 Å². The smallest absolute Gasteiger partial charge is 0.134 e. The first-order chi connectivity index (χ1) is 10.2. The Kier molecular flexibility index (Phi) is 4.56. The van der Waals surface area contributed by atoms with E-state index in [-0.39, 0.29) is 5.82 Å². The average Bonchev–Trinajstić information content (AvgIpc) is 3.30. The molecule has 0 radical (unpaired) electrons. The van der Waals surface area contributed by atoms with E-state index < -0.39 is 0 Å². The lowest BCUT2D eigenvalue weighted by atomic mass is 10.2. The SMILES string of the molecule is Fc1ccc(COc2ccc(CNC3CC3)cc2Br)cc1. The zero-order valence-electron chi connectivity index (χ0n) is 11.6. The minimum absolute atomic E-state index is 0.229. The summed E-state index contributed by atoms with van der Waals surface area (Å²) in [4.78, 5) is 0. The summed E-state index contributed by atoms with van der Waals surface area (Å²) in [6, 6.07) is 13.2.